The zero-order valence-corrected chi connectivity index (χ0v) is 17.4. The highest BCUT2D eigenvalue weighted by Crippen LogP contribution is 2.41. The number of aromatic nitrogens is 2. The number of ether oxygens (including phenoxy) is 4. The number of aryl methyl sites for hydroxylation is 1. The number of rotatable bonds is 7. The van der Waals surface area contributed by atoms with Crippen molar-refractivity contribution < 1.29 is 23.7 Å². The van der Waals surface area contributed by atoms with Gasteiger partial charge in [0.05, 0.1) is 46.2 Å². The number of methoxy groups -OCH3 is 4. The van der Waals surface area contributed by atoms with E-state index in [1.54, 1.807) is 46.8 Å². The van der Waals surface area contributed by atoms with Crippen LogP contribution in [0.15, 0.2) is 18.3 Å². The topological polar surface area (TPSA) is 94.7 Å². The first kappa shape index (κ1) is 20.3. The number of benzene rings is 1. The zero-order chi connectivity index (χ0) is 21.1. The number of aromatic amines is 1. The molecule has 2 N–H and O–H groups in total. The van der Waals surface area contributed by atoms with Crippen LogP contribution < -0.4 is 24.3 Å². The van der Waals surface area contributed by atoms with Gasteiger partial charge in [-0.25, -0.2) is 0 Å². The van der Waals surface area contributed by atoms with E-state index >= 15 is 0 Å². The normalized spacial score (nSPS) is 10.7. The summed E-state index contributed by atoms with van der Waals surface area (Å²) in [7, 11) is 6.28. The zero-order valence-electron chi connectivity index (χ0n) is 17.4. The third-order valence-electron chi connectivity index (χ3n) is 4.85. The molecule has 2 aromatic heterocycles. The molecule has 8 heteroatoms. The Labute approximate surface area is 169 Å². The van der Waals surface area contributed by atoms with Gasteiger partial charge in [0.2, 0.25) is 0 Å². The molecule has 0 bridgehead atoms. The van der Waals surface area contributed by atoms with Crippen LogP contribution in [-0.4, -0.2) is 44.3 Å². The van der Waals surface area contributed by atoms with E-state index in [0.717, 1.165) is 28.0 Å². The van der Waals surface area contributed by atoms with Gasteiger partial charge in [0, 0.05) is 28.8 Å². The lowest BCUT2D eigenvalue weighted by molar-refractivity contribution is 0.0946. The fourth-order valence-corrected chi connectivity index (χ4v) is 3.37. The molecule has 0 saturated heterocycles. The lowest BCUT2D eigenvalue weighted by Crippen LogP contribution is -2.24. The summed E-state index contributed by atoms with van der Waals surface area (Å²) in [4.78, 5) is 20.3. The summed E-state index contributed by atoms with van der Waals surface area (Å²) >= 11 is 0. The van der Waals surface area contributed by atoms with Crippen LogP contribution in [0.4, 0.5) is 0 Å². The smallest absolute Gasteiger partial charge is 0.268 e. The number of hydrogen-bond donors (Lipinski definition) is 2. The van der Waals surface area contributed by atoms with Gasteiger partial charge < -0.3 is 29.2 Å². The van der Waals surface area contributed by atoms with Crippen LogP contribution in [0.3, 0.4) is 0 Å². The van der Waals surface area contributed by atoms with E-state index in [1.165, 1.54) is 0 Å². The first-order valence-electron chi connectivity index (χ1n) is 9.04. The molecule has 0 atom stereocenters. The van der Waals surface area contributed by atoms with Crippen LogP contribution in [0.1, 0.15) is 27.3 Å². The van der Waals surface area contributed by atoms with Crippen molar-refractivity contribution >= 4 is 16.8 Å². The van der Waals surface area contributed by atoms with E-state index in [1.807, 2.05) is 13.8 Å². The quantitative estimate of drug-likeness (QED) is 0.634. The van der Waals surface area contributed by atoms with Crippen LogP contribution in [0.2, 0.25) is 0 Å². The van der Waals surface area contributed by atoms with E-state index in [0.29, 0.717) is 28.5 Å². The van der Waals surface area contributed by atoms with Crippen LogP contribution >= 0.6 is 0 Å². The average molecular weight is 399 g/mol. The molecule has 154 valence electrons. The van der Waals surface area contributed by atoms with Gasteiger partial charge in [-0.2, -0.15) is 0 Å². The van der Waals surface area contributed by atoms with E-state index in [2.05, 4.69) is 15.3 Å². The van der Waals surface area contributed by atoms with Crippen LogP contribution in [0, 0.1) is 13.8 Å². The third kappa shape index (κ3) is 3.65. The Morgan fingerprint density at radius 1 is 1.00 bits per heavy atom. The summed E-state index contributed by atoms with van der Waals surface area (Å²) in [6.07, 6.45) is 1.73. The number of pyridine rings is 1. The second-order valence-electron chi connectivity index (χ2n) is 6.51. The number of carbonyl (C=O) groups excluding carboxylic acids is 1. The monoisotopic (exact) mass is 399 g/mol. The Morgan fingerprint density at radius 3 is 2.31 bits per heavy atom. The largest absolute Gasteiger partial charge is 0.496 e. The molecule has 8 nitrogen and oxygen atoms in total. The molecule has 0 aliphatic rings. The average Bonchev–Trinajstić information content (AvgIpc) is 3.17. The van der Waals surface area contributed by atoms with Crippen molar-refractivity contribution in [3.8, 4) is 23.0 Å². The number of amides is 1. The van der Waals surface area contributed by atoms with Gasteiger partial charge in [-0.15, -0.1) is 0 Å². The Kier molecular flexibility index (Phi) is 5.81. The maximum Gasteiger partial charge on any atom is 0.268 e. The van der Waals surface area contributed by atoms with E-state index in [4.69, 9.17) is 18.9 Å². The molecule has 0 fully saturated rings. The fraction of sp³-hybridized carbons (Fsp3) is 0.333. The minimum absolute atomic E-state index is 0.272. The fourth-order valence-electron chi connectivity index (χ4n) is 3.37. The molecule has 0 spiro atoms. The lowest BCUT2D eigenvalue weighted by Gasteiger charge is -2.12. The van der Waals surface area contributed by atoms with Gasteiger partial charge in [-0.3, -0.25) is 9.78 Å². The van der Waals surface area contributed by atoms with Crippen LogP contribution in [-0.2, 0) is 6.54 Å². The highest BCUT2D eigenvalue weighted by molar-refractivity contribution is 6.02. The van der Waals surface area contributed by atoms with E-state index < -0.39 is 0 Å². The number of fused-ring (bicyclic) bond motifs is 1. The summed E-state index contributed by atoms with van der Waals surface area (Å²) in [6, 6.07) is 3.45. The molecule has 3 rings (SSSR count). The molecule has 3 aromatic rings. The van der Waals surface area contributed by atoms with Crippen molar-refractivity contribution in [2.24, 2.45) is 0 Å². The predicted octanol–water partition coefficient (Wildman–Crippen LogP) is 3.14. The molecule has 0 aliphatic carbocycles. The maximum atomic E-state index is 12.8. The van der Waals surface area contributed by atoms with Crippen molar-refractivity contribution in [1.82, 2.24) is 15.3 Å². The Morgan fingerprint density at radius 2 is 1.69 bits per heavy atom. The Bertz CT molecular complexity index is 1060. The summed E-state index contributed by atoms with van der Waals surface area (Å²) in [5, 5.41) is 3.61. The third-order valence-corrected chi connectivity index (χ3v) is 4.85. The highest BCUT2D eigenvalue weighted by atomic mass is 16.5. The highest BCUT2D eigenvalue weighted by Gasteiger charge is 2.20. The van der Waals surface area contributed by atoms with Crippen LogP contribution in [0.25, 0.3) is 10.9 Å². The maximum absolute atomic E-state index is 12.8. The van der Waals surface area contributed by atoms with Crippen LogP contribution in [0.5, 0.6) is 23.0 Å². The Balaban J connectivity index is 1.90. The molecule has 2 heterocycles. The second kappa shape index (κ2) is 8.30. The van der Waals surface area contributed by atoms with Gasteiger partial charge in [-0.05, 0) is 19.9 Å². The molecule has 1 aromatic carbocycles. The minimum Gasteiger partial charge on any atom is -0.496 e. The Hall–Kier alpha value is -3.42. The first-order valence-corrected chi connectivity index (χ1v) is 9.04. The van der Waals surface area contributed by atoms with Crippen molar-refractivity contribution in [3.63, 3.8) is 0 Å². The molecule has 0 unspecified atom stereocenters. The molecule has 0 radical (unpaired) electrons. The molecule has 29 heavy (non-hydrogen) atoms. The van der Waals surface area contributed by atoms with Crippen molar-refractivity contribution in [3.05, 3.63) is 40.8 Å². The summed E-state index contributed by atoms with van der Waals surface area (Å²) in [5.41, 5.74) is 3.59. The van der Waals surface area contributed by atoms with Gasteiger partial charge in [0.1, 0.15) is 17.2 Å². The number of H-pyrrole nitrogens is 1. The molecule has 1 amide bonds. The molecular formula is C21H25N3O5. The predicted molar refractivity (Wildman–Crippen MR) is 109 cm³/mol. The second-order valence-corrected chi connectivity index (χ2v) is 6.51. The molecule has 0 saturated carbocycles. The van der Waals surface area contributed by atoms with Gasteiger partial charge in [0.25, 0.3) is 5.91 Å². The number of carbonyl (C=O) groups is 1. The molecule has 0 aliphatic heterocycles. The summed E-state index contributed by atoms with van der Waals surface area (Å²) in [6.45, 7) is 4.13. The van der Waals surface area contributed by atoms with Crippen molar-refractivity contribution in [2.45, 2.75) is 20.4 Å². The molecular weight excluding hydrogens is 374 g/mol. The SMILES string of the molecule is COc1cc(OC)c2cc(C(=O)NCc3ncc(C)c(OC)c3C)[nH]c2c1OC. The minimum atomic E-state index is -0.273. The standard InChI is InChI=1S/C21H25N3O5/c1-11-9-22-15(12(2)19(11)28-5)10-23-21(25)14-7-13-16(26-3)8-17(27-4)20(29-6)18(13)24-14/h7-9,24H,10H2,1-6H3,(H,23,25). The van der Waals surface area contributed by atoms with E-state index in [9.17, 15) is 4.79 Å². The van der Waals surface area contributed by atoms with Gasteiger partial charge in [0.15, 0.2) is 11.5 Å². The van der Waals surface area contributed by atoms with Gasteiger partial charge >= 0.3 is 0 Å². The number of nitrogens with zero attached hydrogens (tertiary/aromatic N) is 1. The summed E-state index contributed by atoms with van der Waals surface area (Å²) < 4.78 is 21.7. The van der Waals surface area contributed by atoms with Crippen molar-refractivity contribution in [1.29, 1.82) is 0 Å². The summed E-state index contributed by atoms with van der Waals surface area (Å²) in [5.74, 6) is 2.09. The number of hydrogen-bond acceptors (Lipinski definition) is 6. The number of nitrogens with one attached hydrogen (secondary N) is 2. The van der Waals surface area contributed by atoms with Crippen molar-refractivity contribution in [2.75, 3.05) is 28.4 Å². The van der Waals surface area contributed by atoms with E-state index in [-0.39, 0.29) is 12.5 Å². The first-order chi connectivity index (χ1) is 13.9. The van der Waals surface area contributed by atoms with Gasteiger partial charge in [-0.1, -0.05) is 0 Å². The lowest BCUT2D eigenvalue weighted by atomic mass is 10.1.